The lowest BCUT2D eigenvalue weighted by Crippen LogP contribution is -2.44. The number of amides is 3. The van der Waals surface area contributed by atoms with Crippen molar-refractivity contribution in [3.63, 3.8) is 0 Å². The SMILES string of the molecule is CC(C(=O)OCC(=O)Nc1ccccc1)N1C(=O)c2c(Br)c(Br)c(Br)c(Br)c2C1=O. The number of nitrogens with zero attached hydrogens (tertiary/aromatic N) is 1. The Labute approximate surface area is 205 Å². The fourth-order valence-electron chi connectivity index (χ4n) is 2.80. The number of imide groups is 1. The Balaban J connectivity index is 1.73. The molecule has 156 valence electrons. The highest BCUT2D eigenvalue weighted by atomic mass is 79.9. The summed E-state index contributed by atoms with van der Waals surface area (Å²) < 4.78 is 6.88. The molecule has 0 saturated carbocycles. The molecule has 0 aromatic heterocycles. The summed E-state index contributed by atoms with van der Waals surface area (Å²) in [6.45, 7) is 0.816. The van der Waals surface area contributed by atoms with Crippen molar-refractivity contribution in [2.45, 2.75) is 13.0 Å². The number of carbonyl (C=O) groups is 4. The normalized spacial score (nSPS) is 13.8. The third-order valence-corrected chi connectivity index (χ3v) is 9.03. The van der Waals surface area contributed by atoms with E-state index in [9.17, 15) is 19.2 Å². The maximum atomic E-state index is 12.9. The van der Waals surface area contributed by atoms with Gasteiger partial charge in [-0.2, -0.15) is 0 Å². The van der Waals surface area contributed by atoms with Gasteiger partial charge >= 0.3 is 5.97 Å². The first-order valence-corrected chi connectivity index (χ1v) is 11.6. The molecule has 0 spiro atoms. The molecule has 11 heteroatoms. The summed E-state index contributed by atoms with van der Waals surface area (Å²) in [4.78, 5) is 51.0. The second-order valence-electron chi connectivity index (χ2n) is 6.18. The lowest BCUT2D eigenvalue weighted by Gasteiger charge is -2.20. The summed E-state index contributed by atoms with van der Waals surface area (Å²) >= 11 is 13.3. The Morgan fingerprint density at radius 1 is 0.933 bits per heavy atom. The molecule has 1 unspecified atom stereocenters. The van der Waals surface area contributed by atoms with Crippen LogP contribution in [0.2, 0.25) is 0 Å². The molecule has 1 heterocycles. The monoisotopic (exact) mass is 664 g/mol. The summed E-state index contributed by atoms with van der Waals surface area (Å²) in [6, 6.07) is 7.45. The number of carbonyl (C=O) groups excluding carboxylic acids is 4. The third-order valence-electron chi connectivity index (χ3n) is 4.26. The van der Waals surface area contributed by atoms with Gasteiger partial charge in [0.05, 0.1) is 11.1 Å². The van der Waals surface area contributed by atoms with E-state index in [0.29, 0.717) is 23.6 Å². The Kier molecular flexibility index (Phi) is 7.16. The first kappa shape index (κ1) is 23.1. The molecule has 7 nitrogen and oxygen atoms in total. The number of para-hydroxylation sites is 1. The number of rotatable bonds is 5. The first-order chi connectivity index (χ1) is 14.1. The minimum Gasteiger partial charge on any atom is -0.454 e. The van der Waals surface area contributed by atoms with E-state index < -0.39 is 36.3 Å². The van der Waals surface area contributed by atoms with Crippen LogP contribution in [-0.2, 0) is 14.3 Å². The summed E-state index contributed by atoms with van der Waals surface area (Å²) in [7, 11) is 0. The van der Waals surface area contributed by atoms with Gasteiger partial charge in [-0.05, 0) is 82.8 Å². The number of hydrogen-bond donors (Lipinski definition) is 1. The molecule has 0 bridgehead atoms. The van der Waals surface area contributed by atoms with E-state index in [1.165, 1.54) is 6.92 Å². The fourth-order valence-corrected chi connectivity index (χ4v) is 5.26. The van der Waals surface area contributed by atoms with Crippen LogP contribution in [0, 0.1) is 0 Å². The Bertz CT molecular complexity index is 1030. The number of nitrogens with one attached hydrogen (secondary N) is 1. The van der Waals surface area contributed by atoms with Gasteiger partial charge in [0, 0.05) is 23.6 Å². The number of hydrogen-bond acceptors (Lipinski definition) is 5. The standard InChI is InChI=1S/C19H12Br4N2O5/c1-8(19(29)30-7-10(26)24-9-5-3-2-4-6-9)25-17(27)11-12(18(25)28)14(21)16(23)15(22)13(11)20/h2-6,8H,7H2,1H3,(H,24,26). The molecule has 3 amide bonds. The predicted molar refractivity (Wildman–Crippen MR) is 123 cm³/mol. The first-order valence-electron chi connectivity index (χ1n) is 8.40. The van der Waals surface area contributed by atoms with E-state index in [-0.39, 0.29) is 11.1 Å². The molecule has 0 aliphatic carbocycles. The maximum Gasteiger partial charge on any atom is 0.329 e. The number of anilines is 1. The van der Waals surface area contributed by atoms with Crippen LogP contribution < -0.4 is 5.32 Å². The Morgan fingerprint density at radius 3 is 1.93 bits per heavy atom. The van der Waals surface area contributed by atoms with Crippen LogP contribution >= 0.6 is 63.7 Å². The van der Waals surface area contributed by atoms with Crippen molar-refractivity contribution in [1.29, 1.82) is 0 Å². The number of ether oxygens (including phenoxy) is 1. The zero-order valence-electron chi connectivity index (χ0n) is 15.2. The molecule has 1 atom stereocenters. The number of esters is 1. The largest absolute Gasteiger partial charge is 0.454 e. The van der Waals surface area contributed by atoms with Gasteiger partial charge in [-0.1, -0.05) is 18.2 Å². The van der Waals surface area contributed by atoms with E-state index in [4.69, 9.17) is 4.74 Å². The third kappa shape index (κ3) is 4.25. The van der Waals surface area contributed by atoms with Gasteiger partial charge in [-0.15, -0.1) is 0 Å². The van der Waals surface area contributed by atoms with Gasteiger partial charge in [-0.25, -0.2) is 4.79 Å². The molecule has 2 aromatic carbocycles. The van der Waals surface area contributed by atoms with Crippen molar-refractivity contribution in [3.8, 4) is 0 Å². The van der Waals surface area contributed by atoms with Crippen molar-refractivity contribution in [3.05, 3.63) is 59.3 Å². The van der Waals surface area contributed by atoms with Gasteiger partial charge in [0.1, 0.15) is 6.04 Å². The van der Waals surface area contributed by atoms with E-state index in [2.05, 4.69) is 69.0 Å². The predicted octanol–water partition coefficient (Wildman–Crippen LogP) is 4.90. The van der Waals surface area contributed by atoms with Crippen LogP contribution in [0.25, 0.3) is 0 Å². The highest BCUT2D eigenvalue weighted by Crippen LogP contribution is 2.45. The molecule has 3 rings (SSSR count). The van der Waals surface area contributed by atoms with E-state index in [0.717, 1.165) is 4.90 Å². The second kappa shape index (κ2) is 9.29. The number of halogens is 4. The van der Waals surface area contributed by atoms with Crippen LogP contribution in [0.3, 0.4) is 0 Å². The van der Waals surface area contributed by atoms with Gasteiger partial charge in [0.2, 0.25) is 0 Å². The molecular weight excluding hydrogens is 656 g/mol. The Hall–Kier alpha value is -1.56. The molecule has 1 aliphatic heterocycles. The van der Waals surface area contributed by atoms with Gasteiger partial charge < -0.3 is 10.1 Å². The molecule has 1 aliphatic rings. The fraction of sp³-hybridized carbons (Fsp3) is 0.158. The molecule has 0 radical (unpaired) electrons. The zero-order valence-corrected chi connectivity index (χ0v) is 21.5. The number of fused-ring (bicyclic) bond motifs is 1. The minimum absolute atomic E-state index is 0.128. The molecule has 2 aromatic rings. The van der Waals surface area contributed by atoms with E-state index in [1.807, 2.05) is 0 Å². The second-order valence-corrected chi connectivity index (χ2v) is 9.36. The molecular formula is C19H12Br4N2O5. The molecule has 1 N–H and O–H groups in total. The average molecular weight is 668 g/mol. The Morgan fingerprint density at radius 2 is 1.43 bits per heavy atom. The van der Waals surface area contributed by atoms with Gasteiger partial charge in [0.25, 0.3) is 17.7 Å². The van der Waals surface area contributed by atoms with Crippen molar-refractivity contribution in [2.75, 3.05) is 11.9 Å². The van der Waals surface area contributed by atoms with Crippen LogP contribution in [-0.4, -0.2) is 41.2 Å². The van der Waals surface area contributed by atoms with Crippen LogP contribution in [0.4, 0.5) is 5.69 Å². The van der Waals surface area contributed by atoms with Gasteiger partial charge in [0.15, 0.2) is 6.61 Å². The van der Waals surface area contributed by atoms with Crippen molar-refractivity contribution < 1.29 is 23.9 Å². The molecule has 0 fully saturated rings. The minimum atomic E-state index is -1.22. The summed E-state index contributed by atoms with van der Waals surface area (Å²) in [5, 5.41) is 2.58. The number of benzene rings is 2. The van der Waals surface area contributed by atoms with Crippen LogP contribution in [0.5, 0.6) is 0 Å². The lowest BCUT2D eigenvalue weighted by molar-refractivity contribution is -0.150. The smallest absolute Gasteiger partial charge is 0.329 e. The van der Waals surface area contributed by atoms with Crippen molar-refractivity contribution >= 4 is 93.1 Å². The maximum absolute atomic E-state index is 12.9. The molecule has 0 saturated heterocycles. The van der Waals surface area contributed by atoms with Crippen LogP contribution in [0.15, 0.2) is 48.2 Å². The lowest BCUT2D eigenvalue weighted by atomic mass is 10.1. The quantitative estimate of drug-likeness (QED) is 0.212. The van der Waals surface area contributed by atoms with Gasteiger partial charge in [-0.3, -0.25) is 19.3 Å². The average Bonchev–Trinajstić information content (AvgIpc) is 2.99. The topological polar surface area (TPSA) is 92.8 Å². The highest BCUT2D eigenvalue weighted by Gasteiger charge is 2.45. The van der Waals surface area contributed by atoms with E-state index >= 15 is 0 Å². The summed E-state index contributed by atoms with van der Waals surface area (Å²) in [5.74, 6) is -2.71. The van der Waals surface area contributed by atoms with E-state index in [1.54, 1.807) is 30.3 Å². The highest BCUT2D eigenvalue weighted by molar-refractivity contribution is 9.15. The summed E-state index contributed by atoms with van der Waals surface area (Å²) in [5.41, 5.74) is 0.810. The summed E-state index contributed by atoms with van der Waals surface area (Å²) in [6.07, 6.45) is 0. The molecule has 30 heavy (non-hydrogen) atoms. The van der Waals surface area contributed by atoms with Crippen LogP contribution in [0.1, 0.15) is 27.6 Å². The zero-order chi connectivity index (χ0) is 22.2. The van der Waals surface area contributed by atoms with Crippen molar-refractivity contribution in [2.24, 2.45) is 0 Å². The van der Waals surface area contributed by atoms with Crippen molar-refractivity contribution in [1.82, 2.24) is 4.90 Å².